The molecule has 2 aliphatic rings. The van der Waals surface area contributed by atoms with Crippen LogP contribution in [0.15, 0.2) is 42.5 Å². The summed E-state index contributed by atoms with van der Waals surface area (Å²) >= 11 is 0. The lowest BCUT2D eigenvalue weighted by Crippen LogP contribution is -2.06. The highest BCUT2D eigenvalue weighted by atomic mass is 14.5. The standard InChI is InChI=1S/C18H21N/c19-11-10-18-13-16-5-4-14-2-1-3-15(12-14)6-8-17(18)9-7-16/h1-3,7,9,12-13H,4-6,8,10-11,19H2. The predicted molar refractivity (Wildman–Crippen MR) is 80.5 cm³/mol. The Morgan fingerprint density at radius 3 is 2.21 bits per heavy atom. The Balaban J connectivity index is 1.97. The van der Waals surface area contributed by atoms with Crippen molar-refractivity contribution in [1.82, 2.24) is 0 Å². The minimum atomic E-state index is 0.740. The highest BCUT2D eigenvalue weighted by molar-refractivity contribution is 5.35. The molecule has 2 aliphatic carbocycles. The van der Waals surface area contributed by atoms with Crippen LogP contribution in [0.4, 0.5) is 0 Å². The minimum absolute atomic E-state index is 0.740. The predicted octanol–water partition coefficient (Wildman–Crippen LogP) is 3.07. The number of aryl methyl sites for hydroxylation is 4. The Morgan fingerprint density at radius 1 is 0.789 bits per heavy atom. The summed E-state index contributed by atoms with van der Waals surface area (Å²) in [4.78, 5) is 0. The van der Waals surface area contributed by atoms with Gasteiger partial charge in [0.25, 0.3) is 0 Å². The van der Waals surface area contributed by atoms with Crippen molar-refractivity contribution in [3.8, 4) is 0 Å². The SMILES string of the molecule is NCCc1cc2ccc1CCc1cccc(c1)CC2. The molecule has 0 radical (unpaired) electrons. The normalized spacial score (nSPS) is 14.2. The highest BCUT2D eigenvalue weighted by Gasteiger charge is 2.07. The third-order valence-electron chi connectivity index (χ3n) is 4.06. The molecular formula is C18H21N. The van der Waals surface area contributed by atoms with Gasteiger partial charge in [0.15, 0.2) is 0 Å². The van der Waals surface area contributed by atoms with E-state index in [1.165, 1.54) is 27.8 Å². The quantitative estimate of drug-likeness (QED) is 0.872. The second-order valence-electron chi connectivity index (χ2n) is 5.46. The monoisotopic (exact) mass is 251 g/mol. The summed E-state index contributed by atoms with van der Waals surface area (Å²) < 4.78 is 0. The van der Waals surface area contributed by atoms with Crippen molar-refractivity contribution in [2.24, 2.45) is 5.73 Å². The first kappa shape index (κ1) is 12.4. The molecule has 0 spiro atoms. The van der Waals surface area contributed by atoms with Gasteiger partial charge < -0.3 is 5.73 Å². The van der Waals surface area contributed by atoms with E-state index >= 15 is 0 Å². The number of fused-ring (bicyclic) bond motifs is 4. The average molecular weight is 251 g/mol. The van der Waals surface area contributed by atoms with Gasteiger partial charge >= 0.3 is 0 Å². The van der Waals surface area contributed by atoms with Gasteiger partial charge in [0.2, 0.25) is 0 Å². The van der Waals surface area contributed by atoms with Gasteiger partial charge in [-0.3, -0.25) is 0 Å². The summed E-state index contributed by atoms with van der Waals surface area (Å²) in [5, 5.41) is 0. The third-order valence-corrected chi connectivity index (χ3v) is 4.06. The number of rotatable bonds is 2. The van der Waals surface area contributed by atoms with Crippen LogP contribution in [0.5, 0.6) is 0 Å². The molecule has 2 aromatic rings. The number of nitrogens with two attached hydrogens (primary N) is 1. The summed E-state index contributed by atoms with van der Waals surface area (Å²) in [7, 11) is 0. The molecule has 0 amide bonds. The summed E-state index contributed by atoms with van der Waals surface area (Å²) in [5.74, 6) is 0. The Morgan fingerprint density at radius 2 is 1.47 bits per heavy atom. The molecule has 0 aliphatic heterocycles. The van der Waals surface area contributed by atoms with Gasteiger partial charge in [-0.1, -0.05) is 42.5 Å². The van der Waals surface area contributed by atoms with E-state index < -0.39 is 0 Å². The van der Waals surface area contributed by atoms with Crippen molar-refractivity contribution >= 4 is 0 Å². The van der Waals surface area contributed by atoms with Gasteiger partial charge in [0.05, 0.1) is 0 Å². The molecule has 1 heteroatoms. The van der Waals surface area contributed by atoms with E-state index in [4.69, 9.17) is 5.73 Å². The molecule has 0 saturated heterocycles. The van der Waals surface area contributed by atoms with Crippen molar-refractivity contribution in [2.75, 3.05) is 6.54 Å². The zero-order chi connectivity index (χ0) is 13.1. The number of benzene rings is 2. The lowest BCUT2D eigenvalue weighted by Gasteiger charge is -2.10. The Kier molecular flexibility index (Phi) is 3.65. The van der Waals surface area contributed by atoms with Crippen LogP contribution >= 0.6 is 0 Å². The molecule has 0 saturated carbocycles. The molecular weight excluding hydrogens is 230 g/mol. The molecule has 0 aromatic heterocycles. The van der Waals surface area contributed by atoms with Crippen LogP contribution in [0.25, 0.3) is 0 Å². The molecule has 0 unspecified atom stereocenters. The van der Waals surface area contributed by atoms with Gasteiger partial charge in [-0.2, -0.15) is 0 Å². The van der Waals surface area contributed by atoms with Crippen LogP contribution < -0.4 is 5.73 Å². The molecule has 0 atom stereocenters. The number of hydrogen-bond acceptors (Lipinski definition) is 1. The molecule has 2 aromatic carbocycles. The van der Waals surface area contributed by atoms with E-state index in [1.54, 1.807) is 0 Å². The maximum Gasteiger partial charge on any atom is -0.00366 e. The van der Waals surface area contributed by atoms with Crippen molar-refractivity contribution in [3.05, 3.63) is 70.3 Å². The van der Waals surface area contributed by atoms with E-state index in [0.29, 0.717) is 0 Å². The first-order chi connectivity index (χ1) is 9.35. The van der Waals surface area contributed by atoms with Crippen LogP contribution in [-0.4, -0.2) is 6.54 Å². The Bertz CT molecular complexity index is 572. The van der Waals surface area contributed by atoms with E-state index in [2.05, 4.69) is 42.5 Å². The fraction of sp³-hybridized carbons (Fsp3) is 0.333. The van der Waals surface area contributed by atoms with Crippen molar-refractivity contribution in [2.45, 2.75) is 32.1 Å². The molecule has 4 bridgehead atoms. The van der Waals surface area contributed by atoms with E-state index in [-0.39, 0.29) is 0 Å². The van der Waals surface area contributed by atoms with Crippen LogP contribution in [0.3, 0.4) is 0 Å². The van der Waals surface area contributed by atoms with E-state index in [1.807, 2.05) is 0 Å². The van der Waals surface area contributed by atoms with Crippen LogP contribution in [0, 0.1) is 0 Å². The summed E-state index contributed by atoms with van der Waals surface area (Å²) in [6.07, 6.45) is 5.52. The smallest absolute Gasteiger partial charge is 0.00366 e. The second-order valence-corrected chi connectivity index (χ2v) is 5.46. The molecule has 0 fully saturated rings. The molecule has 2 N–H and O–H groups in total. The lowest BCUT2D eigenvalue weighted by atomic mass is 9.96. The van der Waals surface area contributed by atoms with Gasteiger partial charge in [-0.05, 0) is 66.5 Å². The fourth-order valence-corrected chi connectivity index (χ4v) is 2.98. The van der Waals surface area contributed by atoms with E-state index in [9.17, 15) is 0 Å². The zero-order valence-electron chi connectivity index (χ0n) is 11.4. The minimum Gasteiger partial charge on any atom is -0.330 e. The first-order valence-electron chi connectivity index (χ1n) is 7.24. The van der Waals surface area contributed by atoms with Crippen molar-refractivity contribution < 1.29 is 0 Å². The first-order valence-corrected chi connectivity index (χ1v) is 7.24. The topological polar surface area (TPSA) is 26.0 Å². The summed E-state index contributed by atoms with van der Waals surface area (Å²) in [5.41, 5.74) is 13.0. The maximum absolute atomic E-state index is 5.75. The molecule has 1 nitrogen and oxygen atoms in total. The highest BCUT2D eigenvalue weighted by Crippen LogP contribution is 2.19. The van der Waals surface area contributed by atoms with Gasteiger partial charge in [0, 0.05) is 0 Å². The molecule has 0 heterocycles. The van der Waals surface area contributed by atoms with Gasteiger partial charge in [-0.25, -0.2) is 0 Å². The molecule has 4 rings (SSSR count). The fourth-order valence-electron chi connectivity index (χ4n) is 2.98. The van der Waals surface area contributed by atoms with Gasteiger partial charge in [-0.15, -0.1) is 0 Å². The zero-order valence-corrected chi connectivity index (χ0v) is 11.4. The Hall–Kier alpha value is -1.60. The summed E-state index contributed by atoms with van der Waals surface area (Å²) in [6.45, 7) is 0.740. The van der Waals surface area contributed by atoms with E-state index in [0.717, 1.165) is 38.6 Å². The van der Waals surface area contributed by atoms with Crippen LogP contribution in [0.2, 0.25) is 0 Å². The molecule has 98 valence electrons. The average Bonchev–Trinajstić information content (AvgIpc) is 2.48. The third kappa shape index (κ3) is 2.87. The summed E-state index contributed by atoms with van der Waals surface area (Å²) in [6, 6.07) is 16.0. The second kappa shape index (κ2) is 5.58. The largest absolute Gasteiger partial charge is 0.330 e. The Labute approximate surface area is 115 Å². The van der Waals surface area contributed by atoms with Crippen LogP contribution in [-0.2, 0) is 32.1 Å². The van der Waals surface area contributed by atoms with Crippen LogP contribution in [0.1, 0.15) is 27.8 Å². The molecule has 19 heavy (non-hydrogen) atoms. The lowest BCUT2D eigenvalue weighted by molar-refractivity contribution is 0.896. The van der Waals surface area contributed by atoms with Gasteiger partial charge in [0.1, 0.15) is 0 Å². The number of hydrogen-bond donors (Lipinski definition) is 1. The van der Waals surface area contributed by atoms with Crippen molar-refractivity contribution in [3.63, 3.8) is 0 Å². The van der Waals surface area contributed by atoms with Crippen molar-refractivity contribution in [1.29, 1.82) is 0 Å². The maximum atomic E-state index is 5.75.